The summed E-state index contributed by atoms with van der Waals surface area (Å²) in [6, 6.07) is 3.78. The molecule has 0 aliphatic carbocycles. The van der Waals surface area contributed by atoms with E-state index in [0.29, 0.717) is 0 Å². The van der Waals surface area contributed by atoms with Gasteiger partial charge in [0, 0.05) is 10.5 Å². The summed E-state index contributed by atoms with van der Waals surface area (Å²) in [6.07, 6.45) is 0.881. The molecule has 18 heavy (non-hydrogen) atoms. The lowest BCUT2D eigenvalue weighted by molar-refractivity contribution is 0.342. The Bertz CT molecular complexity index is 621. The van der Waals surface area contributed by atoms with Gasteiger partial charge in [-0.2, -0.15) is 0 Å². The number of rotatable bonds is 2. The van der Waals surface area contributed by atoms with Crippen molar-refractivity contribution in [1.29, 1.82) is 0 Å². The molecule has 0 amide bonds. The van der Waals surface area contributed by atoms with Gasteiger partial charge in [0.25, 0.3) is 0 Å². The minimum atomic E-state index is -0.196. The predicted molar refractivity (Wildman–Crippen MR) is 77.6 cm³/mol. The maximum absolute atomic E-state index is 11.3. The minimum absolute atomic E-state index is 0.0535. The summed E-state index contributed by atoms with van der Waals surface area (Å²) in [5, 5.41) is 0. The third kappa shape index (κ3) is 2.84. The van der Waals surface area contributed by atoms with E-state index in [-0.39, 0.29) is 17.1 Å². The summed E-state index contributed by atoms with van der Waals surface area (Å²) in [7, 11) is 0. The molecule has 0 fully saturated rings. The number of hydrogen-bond acceptors (Lipinski definition) is 2. The third-order valence-electron chi connectivity index (χ3n) is 2.87. The number of H-pyrrole nitrogens is 2. The summed E-state index contributed by atoms with van der Waals surface area (Å²) in [5.41, 5.74) is 8.82. The van der Waals surface area contributed by atoms with Gasteiger partial charge in [-0.25, -0.2) is 4.79 Å². The van der Waals surface area contributed by atoms with Crippen molar-refractivity contribution in [2.45, 2.75) is 33.2 Å². The van der Waals surface area contributed by atoms with Crippen LogP contribution in [0.25, 0.3) is 11.0 Å². The van der Waals surface area contributed by atoms with Gasteiger partial charge in [0.1, 0.15) is 0 Å². The van der Waals surface area contributed by atoms with Crippen LogP contribution in [0, 0.1) is 5.41 Å². The number of nitrogens with one attached hydrogen (secondary N) is 2. The molecule has 2 aromatic rings. The molecule has 0 bridgehead atoms. The van der Waals surface area contributed by atoms with Crippen molar-refractivity contribution in [2.24, 2.45) is 11.1 Å². The van der Waals surface area contributed by atoms with Gasteiger partial charge in [-0.05, 0) is 29.5 Å². The molecule has 98 valence electrons. The SMILES string of the molecule is CC(C)(C)CC(N)c1cc2[nH]c(=O)[nH]c2cc1Br. The summed E-state index contributed by atoms with van der Waals surface area (Å²) >= 11 is 3.52. The molecular weight excluding hydrogens is 294 g/mol. The second-order valence-corrected chi connectivity index (χ2v) is 6.72. The summed E-state index contributed by atoms with van der Waals surface area (Å²) in [6.45, 7) is 6.49. The maximum atomic E-state index is 11.3. The zero-order chi connectivity index (χ0) is 13.5. The molecule has 0 spiro atoms. The molecule has 1 aromatic carbocycles. The fourth-order valence-corrected chi connectivity index (χ4v) is 2.76. The highest BCUT2D eigenvalue weighted by atomic mass is 79.9. The smallest absolute Gasteiger partial charge is 0.323 e. The number of nitrogens with two attached hydrogens (primary N) is 1. The Labute approximate surface area is 114 Å². The van der Waals surface area contributed by atoms with Gasteiger partial charge in [-0.15, -0.1) is 0 Å². The lowest BCUT2D eigenvalue weighted by atomic mass is 9.86. The van der Waals surface area contributed by atoms with Crippen LogP contribution in [0.4, 0.5) is 0 Å². The van der Waals surface area contributed by atoms with Gasteiger partial charge in [0.2, 0.25) is 0 Å². The fourth-order valence-electron chi connectivity index (χ4n) is 2.13. The van der Waals surface area contributed by atoms with Crippen molar-refractivity contribution in [3.8, 4) is 0 Å². The van der Waals surface area contributed by atoms with Crippen molar-refractivity contribution in [3.63, 3.8) is 0 Å². The zero-order valence-corrected chi connectivity index (χ0v) is 12.4. The lowest BCUT2D eigenvalue weighted by Crippen LogP contribution is -2.19. The number of aromatic amines is 2. The van der Waals surface area contributed by atoms with Gasteiger partial charge in [0.15, 0.2) is 0 Å². The molecule has 0 aliphatic heterocycles. The van der Waals surface area contributed by atoms with Crippen molar-refractivity contribution >= 4 is 27.0 Å². The quantitative estimate of drug-likeness (QED) is 0.797. The number of halogens is 1. The van der Waals surface area contributed by atoms with Crippen LogP contribution in [0.3, 0.4) is 0 Å². The van der Waals surface area contributed by atoms with E-state index in [2.05, 4.69) is 46.7 Å². The van der Waals surface area contributed by atoms with Gasteiger partial charge in [-0.3, -0.25) is 0 Å². The zero-order valence-electron chi connectivity index (χ0n) is 10.8. The average molecular weight is 312 g/mol. The third-order valence-corrected chi connectivity index (χ3v) is 3.55. The van der Waals surface area contributed by atoms with Gasteiger partial charge in [0.05, 0.1) is 11.0 Å². The topological polar surface area (TPSA) is 74.7 Å². The van der Waals surface area contributed by atoms with E-state index >= 15 is 0 Å². The molecule has 4 N–H and O–H groups in total. The average Bonchev–Trinajstić information content (AvgIpc) is 2.53. The highest BCUT2D eigenvalue weighted by Gasteiger charge is 2.19. The van der Waals surface area contributed by atoms with E-state index in [1.165, 1.54) is 0 Å². The molecule has 0 saturated carbocycles. The van der Waals surface area contributed by atoms with Crippen LogP contribution in [0.2, 0.25) is 0 Å². The van der Waals surface area contributed by atoms with Crippen LogP contribution in [0.15, 0.2) is 21.4 Å². The molecule has 1 unspecified atom stereocenters. The monoisotopic (exact) mass is 311 g/mol. The number of hydrogen-bond donors (Lipinski definition) is 3. The molecule has 2 rings (SSSR count). The van der Waals surface area contributed by atoms with Gasteiger partial charge >= 0.3 is 5.69 Å². The number of imidazole rings is 1. The van der Waals surface area contributed by atoms with E-state index < -0.39 is 0 Å². The van der Waals surface area contributed by atoms with E-state index in [4.69, 9.17) is 5.73 Å². The van der Waals surface area contributed by atoms with Crippen LogP contribution >= 0.6 is 15.9 Å². The first kappa shape index (κ1) is 13.4. The number of fused-ring (bicyclic) bond motifs is 1. The van der Waals surface area contributed by atoms with Crippen LogP contribution in [-0.2, 0) is 0 Å². The summed E-state index contributed by atoms with van der Waals surface area (Å²) < 4.78 is 0.932. The molecule has 4 nitrogen and oxygen atoms in total. The van der Waals surface area contributed by atoms with Crippen LogP contribution in [-0.4, -0.2) is 9.97 Å². The Kier molecular flexibility index (Phi) is 3.38. The Morgan fingerprint density at radius 2 is 1.83 bits per heavy atom. The molecule has 0 radical (unpaired) electrons. The molecule has 0 aliphatic rings. The highest BCUT2D eigenvalue weighted by molar-refractivity contribution is 9.10. The van der Waals surface area contributed by atoms with Gasteiger partial charge < -0.3 is 15.7 Å². The summed E-state index contributed by atoms with van der Waals surface area (Å²) in [4.78, 5) is 16.7. The first-order valence-electron chi connectivity index (χ1n) is 5.93. The molecule has 1 heterocycles. The molecular formula is C13H18BrN3O. The maximum Gasteiger partial charge on any atom is 0.323 e. The van der Waals surface area contributed by atoms with E-state index in [9.17, 15) is 4.79 Å². The van der Waals surface area contributed by atoms with E-state index in [1.807, 2.05) is 12.1 Å². The second kappa shape index (κ2) is 4.55. The van der Waals surface area contributed by atoms with Crippen LogP contribution < -0.4 is 11.4 Å². The molecule has 0 saturated heterocycles. The van der Waals surface area contributed by atoms with Crippen molar-refractivity contribution in [2.75, 3.05) is 0 Å². The molecule has 1 aromatic heterocycles. The Hall–Kier alpha value is -1.07. The second-order valence-electron chi connectivity index (χ2n) is 5.87. The van der Waals surface area contributed by atoms with Gasteiger partial charge in [-0.1, -0.05) is 36.7 Å². The number of benzene rings is 1. The van der Waals surface area contributed by atoms with Crippen molar-refractivity contribution in [1.82, 2.24) is 9.97 Å². The van der Waals surface area contributed by atoms with Crippen LogP contribution in [0.5, 0.6) is 0 Å². The Morgan fingerprint density at radius 3 is 2.39 bits per heavy atom. The largest absolute Gasteiger partial charge is 0.324 e. The number of aromatic nitrogens is 2. The first-order valence-corrected chi connectivity index (χ1v) is 6.72. The summed E-state index contributed by atoms with van der Waals surface area (Å²) in [5.74, 6) is 0. The molecule has 1 atom stereocenters. The van der Waals surface area contributed by atoms with E-state index in [1.54, 1.807) is 0 Å². The lowest BCUT2D eigenvalue weighted by Gasteiger charge is -2.24. The standard InChI is InChI=1S/C13H18BrN3O/c1-13(2,3)6-9(15)7-4-10-11(5-8(7)14)17-12(18)16-10/h4-5,9H,6,15H2,1-3H3,(H2,16,17,18). The Morgan fingerprint density at radius 1 is 1.28 bits per heavy atom. The first-order chi connectivity index (χ1) is 8.26. The van der Waals surface area contributed by atoms with Crippen molar-refractivity contribution < 1.29 is 0 Å². The highest BCUT2D eigenvalue weighted by Crippen LogP contribution is 2.32. The minimum Gasteiger partial charge on any atom is -0.324 e. The fraction of sp³-hybridized carbons (Fsp3) is 0.462. The Balaban J connectivity index is 2.44. The van der Waals surface area contributed by atoms with Crippen LogP contribution in [0.1, 0.15) is 38.8 Å². The normalized spacial score (nSPS) is 14.1. The predicted octanol–water partition coefficient (Wildman–Crippen LogP) is 3.05. The van der Waals surface area contributed by atoms with Crippen molar-refractivity contribution in [3.05, 3.63) is 32.7 Å². The van der Waals surface area contributed by atoms with E-state index in [0.717, 1.165) is 27.5 Å². The molecule has 5 heteroatoms.